The molecule has 0 aliphatic heterocycles. The Kier molecular flexibility index (Phi) is 7.08. The van der Waals surface area contributed by atoms with Crippen LogP contribution in [0.2, 0.25) is 0 Å². The van der Waals surface area contributed by atoms with Gasteiger partial charge in [0.2, 0.25) is 5.91 Å². The molecule has 162 valence electrons. The van der Waals surface area contributed by atoms with E-state index in [0.717, 1.165) is 5.56 Å². The van der Waals surface area contributed by atoms with Gasteiger partial charge in [-0.2, -0.15) is 21.6 Å². The van der Waals surface area contributed by atoms with Gasteiger partial charge in [0.05, 0.1) is 6.54 Å². The van der Waals surface area contributed by atoms with Gasteiger partial charge in [0.15, 0.2) is 0 Å². The summed E-state index contributed by atoms with van der Waals surface area (Å²) in [7, 11) is -4.08. The number of alkyl halides is 3. The van der Waals surface area contributed by atoms with Crippen LogP contribution in [0.25, 0.3) is 0 Å². The van der Waals surface area contributed by atoms with Gasteiger partial charge in [-0.25, -0.2) is 0 Å². The van der Waals surface area contributed by atoms with Crippen molar-refractivity contribution in [2.45, 2.75) is 24.9 Å². The second-order valence-corrected chi connectivity index (χ2v) is 7.92. The molecule has 0 saturated heterocycles. The van der Waals surface area contributed by atoms with Crippen LogP contribution in [0.5, 0.6) is 5.75 Å². The van der Waals surface area contributed by atoms with Crippen molar-refractivity contribution < 1.29 is 35.4 Å². The minimum Gasteiger partial charge on any atom is -0.379 e. The van der Waals surface area contributed by atoms with Crippen LogP contribution in [0.1, 0.15) is 21.5 Å². The van der Waals surface area contributed by atoms with E-state index in [0.29, 0.717) is 5.56 Å². The second-order valence-electron chi connectivity index (χ2n) is 6.41. The number of halogens is 3. The Labute approximate surface area is 171 Å². The van der Waals surface area contributed by atoms with Crippen LogP contribution in [0.4, 0.5) is 13.2 Å². The Bertz CT molecular complexity index is 1040. The first-order valence-electron chi connectivity index (χ1n) is 8.61. The summed E-state index contributed by atoms with van der Waals surface area (Å²) in [6.07, 6.45) is -4.55. The summed E-state index contributed by atoms with van der Waals surface area (Å²) in [5.74, 6) is -1.75. The molecular weight excluding hydrogens is 425 g/mol. The highest BCUT2D eigenvalue weighted by molar-refractivity contribution is 7.87. The maximum Gasteiger partial charge on any atom is 0.405 e. The van der Waals surface area contributed by atoms with Gasteiger partial charge in [0, 0.05) is 5.56 Å². The SMILES string of the molecule is Cc1ccc(C)c(S(=O)(=O)Oc2ccc(C(=O)NCC(=O)NCC(F)(F)F)cc2)c1. The summed E-state index contributed by atoms with van der Waals surface area (Å²) in [6.45, 7) is 1.24. The van der Waals surface area contributed by atoms with E-state index in [-0.39, 0.29) is 16.2 Å². The van der Waals surface area contributed by atoms with Crippen molar-refractivity contribution in [1.29, 1.82) is 0 Å². The number of carbonyl (C=O) groups is 2. The summed E-state index contributed by atoms with van der Waals surface area (Å²) in [4.78, 5) is 23.3. The number of hydrogen-bond acceptors (Lipinski definition) is 5. The molecule has 11 heteroatoms. The molecule has 7 nitrogen and oxygen atoms in total. The summed E-state index contributed by atoms with van der Waals surface area (Å²) in [5.41, 5.74) is 1.32. The summed E-state index contributed by atoms with van der Waals surface area (Å²) in [6, 6.07) is 9.93. The summed E-state index contributed by atoms with van der Waals surface area (Å²) < 4.78 is 66.1. The normalized spacial score (nSPS) is 11.6. The molecule has 2 amide bonds. The fourth-order valence-corrected chi connectivity index (χ4v) is 3.58. The fourth-order valence-electron chi connectivity index (χ4n) is 2.33. The Hall–Kier alpha value is -3.08. The van der Waals surface area contributed by atoms with Gasteiger partial charge in [-0.15, -0.1) is 0 Å². The molecule has 0 aliphatic rings. The van der Waals surface area contributed by atoms with Crippen molar-refractivity contribution in [1.82, 2.24) is 10.6 Å². The second kappa shape index (κ2) is 9.16. The van der Waals surface area contributed by atoms with E-state index in [2.05, 4.69) is 5.32 Å². The molecule has 0 atom stereocenters. The molecule has 0 spiro atoms. The zero-order chi connectivity index (χ0) is 22.5. The highest BCUT2D eigenvalue weighted by atomic mass is 32.2. The number of benzene rings is 2. The van der Waals surface area contributed by atoms with Gasteiger partial charge >= 0.3 is 16.3 Å². The maximum atomic E-state index is 12.5. The van der Waals surface area contributed by atoms with Crippen molar-refractivity contribution >= 4 is 21.9 Å². The van der Waals surface area contributed by atoms with Crippen LogP contribution in [0.3, 0.4) is 0 Å². The molecule has 0 bridgehead atoms. The zero-order valence-corrected chi connectivity index (χ0v) is 16.9. The first kappa shape index (κ1) is 23.2. The van der Waals surface area contributed by atoms with E-state index < -0.39 is 41.2 Å². The lowest BCUT2D eigenvalue weighted by atomic mass is 10.2. The Morgan fingerprint density at radius 1 is 1.00 bits per heavy atom. The summed E-state index contributed by atoms with van der Waals surface area (Å²) in [5, 5.41) is 3.79. The van der Waals surface area contributed by atoms with Crippen molar-refractivity contribution in [2.24, 2.45) is 0 Å². The molecule has 2 aromatic rings. The molecule has 0 aromatic heterocycles. The van der Waals surface area contributed by atoms with Crippen molar-refractivity contribution in [2.75, 3.05) is 13.1 Å². The first-order valence-corrected chi connectivity index (χ1v) is 10.0. The van der Waals surface area contributed by atoms with Crippen LogP contribution in [-0.4, -0.2) is 39.5 Å². The number of aryl methyl sites for hydroxylation is 2. The highest BCUT2D eigenvalue weighted by Crippen LogP contribution is 2.22. The predicted molar refractivity (Wildman–Crippen MR) is 102 cm³/mol. The van der Waals surface area contributed by atoms with E-state index in [1.165, 1.54) is 30.3 Å². The largest absolute Gasteiger partial charge is 0.405 e. The molecule has 2 N–H and O–H groups in total. The Balaban J connectivity index is 1.98. The van der Waals surface area contributed by atoms with Crippen molar-refractivity contribution in [3.8, 4) is 5.75 Å². The molecule has 0 aliphatic carbocycles. The van der Waals surface area contributed by atoms with Crippen LogP contribution < -0.4 is 14.8 Å². The average molecular weight is 444 g/mol. The molecule has 0 unspecified atom stereocenters. The van der Waals surface area contributed by atoms with Gasteiger partial charge in [-0.05, 0) is 55.3 Å². The quantitative estimate of drug-likeness (QED) is 0.639. The minimum atomic E-state index is -4.55. The van der Waals surface area contributed by atoms with Crippen molar-refractivity contribution in [3.05, 3.63) is 59.2 Å². The van der Waals surface area contributed by atoms with Gasteiger partial charge in [0.25, 0.3) is 5.91 Å². The number of nitrogens with one attached hydrogen (secondary N) is 2. The maximum absolute atomic E-state index is 12.5. The van der Waals surface area contributed by atoms with E-state index in [9.17, 15) is 31.2 Å². The first-order chi connectivity index (χ1) is 13.9. The van der Waals surface area contributed by atoms with Crippen LogP contribution in [0, 0.1) is 13.8 Å². The van der Waals surface area contributed by atoms with Crippen LogP contribution >= 0.6 is 0 Å². The number of amides is 2. The number of rotatable bonds is 7. The van der Waals surface area contributed by atoms with Gasteiger partial charge in [0.1, 0.15) is 17.2 Å². The third-order valence-corrected chi connectivity index (χ3v) is 5.22. The number of hydrogen-bond donors (Lipinski definition) is 2. The lowest BCUT2D eigenvalue weighted by Crippen LogP contribution is -2.40. The van der Waals surface area contributed by atoms with Crippen molar-refractivity contribution in [3.63, 3.8) is 0 Å². The lowest BCUT2D eigenvalue weighted by molar-refractivity contribution is -0.137. The van der Waals surface area contributed by atoms with E-state index in [1.807, 2.05) is 0 Å². The third kappa shape index (κ3) is 6.76. The number of carbonyl (C=O) groups excluding carboxylic acids is 2. The summed E-state index contributed by atoms with van der Waals surface area (Å²) >= 11 is 0. The van der Waals surface area contributed by atoms with E-state index in [1.54, 1.807) is 31.3 Å². The van der Waals surface area contributed by atoms with Crippen LogP contribution in [0.15, 0.2) is 47.4 Å². The molecule has 2 rings (SSSR count). The standard InChI is InChI=1S/C19H19F3N2O5S/c1-12-3-4-13(2)16(9-12)30(27,28)29-15-7-5-14(6-8-15)18(26)23-10-17(25)24-11-19(20,21)22/h3-9H,10-11H2,1-2H3,(H,23,26)(H,24,25). The predicted octanol–water partition coefficient (Wildman–Crippen LogP) is 2.48. The van der Waals surface area contributed by atoms with E-state index >= 15 is 0 Å². The minimum absolute atomic E-state index is 0.0224. The molecule has 30 heavy (non-hydrogen) atoms. The molecule has 0 radical (unpaired) electrons. The Morgan fingerprint density at radius 3 is 2.23 bits per heavy atom. The Morgan fingerprint density at radius 2 is 1.63 bits per heavy atom. The molecular formula is C19H19F3N2O5S. The smallest absolute Gasteiger partial charge is 0.379 e. The average Bonchev–Trinajstić information content (AvgIpc) is 2.66. The van der Waals surface area contributed by atoms with Gasteiger partial charge in [-0.1, -0.05) is 12.1 Å². The van der Waals surface area contributed by atoms with Crippen LogP contribution in [-0.2, 0) is 14.9 Å². The monoisotopic (exact) mass is 444 g/mol. The van der Waals surface area contributed by atoms with Gasteiger partial charge in [-0.3, -0.25) is 9.59 Å². The highest BCUT2D eigenvalue weighted by Gasteiger charge is 2.27. The third-order valence-electron chi connectivity index (χ3n) is 3.83. The molecule has 2 aromatic carbocycles. The molecule has 0 fully saturated rings. The lowest BCUT2D eigenvalue weighted by Gasteiger charge is -2.11. The topological polar surface area (TPSA) is 102 Å². The fraction of sp³-hybridized carbons (Fsp3) is 0.263. The van der Waals surface area contributed by atoms with Gasteiger partial charge < -0.3 is 14.8 Å². The van der Waals surface area contributed by atoms with E-state index in [4.69, 9.17) is 4.18 Å². The molecule has 0 saturated carbocycles. The molecule has 0 heterocycles. The zero-order valence-electron chi connectivity index (χ0n) is 16.0.